The van der Waals surface area contributed by atoms with E-state index in [-0.39, 0.29) is 12.3 Å². The monoisotopic (exact) mass is 297 g/mol. The average Bonchev–Trinajstić information content (AvgIpc) is 2.43. The number of aliphatic hydroxyl groups excluding tert-OH is 1. The van der Waals surface area contributed by atoms with Crippen LogP contribution < -0.4 is 4.74 Å². The van der Waals surface area contributed by atoms with Gasteiger partial charge < -0.3 is 14.6 Å². The highest BCUT2D eigenvalue weighted by Crippen LogP contribution is 2.30. The molecule has 0 saturated heterocycles. The second-order valence-electron chi connectivity index (χ2n) is 5.32. The van der Waals surface area contributed by atoms with E-state index < -0.39 is 22.4 Å². The van der Waals surface area contributed by atoms with Crippen LogP contribution in [0, 0.1) is 15.5 Å². The Hall–Kier alpha value is -2.15. The Labute approximate surface area is 122 Å². The van der Waals surface area contributed by atoms with Crippen LogP contribution in [0.3, 0.4) is 0 Å². The molecule has 0 amide bonds. The molecule has 0 spiro atoms. The van der Waals surface area contributed by atoms with Gasteiger partial charge in [-0.1, -0.05) is 0 Å². The minimum absolute atomic E-state index is 0.0250. The molecule has 0 radical (unpaired) electrons. The van der Waals surface area contributed by atoms with E-state index in [1.54, 1.807) is 13.8 Å². The zero-order chi connectivity index (χ0) is 16.2. The van der Waals surface area contributed by atoms with E-state index >= 15 is 0 Å². The summed E-state index contributed by atoms with van der Waals surface area (Å²) < 4.78 is 10.2. The lowest BCUT2D eigenvalue weighted by molar-refractivity contribution is -0.385. The number of nitro benzene ring substituents is 1. The molecule has 0 unspecified atom stereocenters. The fourth-order valence-corrected chi connectivity index (χ4v) is 1.70. The number of non-ortho nitro benzene ring substituents is 1. The Morgan fingerprint density at radius 1 is 1.48 bits per heavy atom. The average molecular weight is 297 g/mol. The molecule has 0 fully saturated rings. The fourth-order valence-electron chi connectivity index (χ4n) is 1.70. The van der Waals surface area contributed by atoms with Gasteiger partial charge in [0.1, 0.15) is 12.4 Å². The van der Waals surface area contributed by atoms with Gasteiger partial charge in [-0.15, -0.1) is 0 Å². The zero-order valence-corrected chi connectivity index (χ0v) is 12.5. The summed E-state index contributed by atoms with van der Waals surface area (Å²) in [6, 6.07) is 3.95. The third kappa shape index (κ3) is 4.16. The standard InChI is InChI=1S/C14H19NO6/c1-9(16)11-7-10(15(18)19)5-6-12(11)21-8-14(2,3)13(17)20-4/h5-7,9,16H,8H2,1-4H3/t9-/m1/s1. The summed E-state index contributed by atoms with van der Waals surface area (Å²) in [7, 11) is 1.29. The van der Waals surface area contributed by atoms with Gasteiger partial charge in [0, 0.05) is 17.7 Å². The van der Waals surface area contributed by atoms with Gasteiger partial charge >= 0.3 is 5.97 Å². The topological polar surface area (TPSA) is 98.9 Å². The van der Waals surface area contributed by atoms with E-state index in [1.165, 1.54) is 32.2 Å². The van der Waals surface area contributed by atoms with Gasteiger partial charge in [-0.05, 0) is 26.8 Å². The third-order valence-electron chi connectivity index (χ3n) is 2.98. The van der Waals surface area contributed by atoms with Crippen LogP contribution in [-0.2, 0) is 9.53 Å². The van der Waals surface area contributed by atoms with Crippen molar-refractivity contribution in [1.82, 2.24) is 0 Å². The Balaban J connectivity index is 2.98. The van der Waals surface area contributed by atoms with Gasteiger partial charge in [0.2, 0.25) is 0 Å². The molecule has 1 N–H and O–H groups in total. The van der Waals surface area contributed by atoms with Gasteiger partial charge in [0.05, 0.1) is 23.6 Å². The quantitative estimate of drug-likeness (QED) is 0.491. The first-order chi connectivity index (χ1) is 9.69. The Morgan fingerprint density at radius 2 is 2.10 bits per heavy atom. The van der Waals surface area contributed by atoms with Crippen molar-refractivity contribution in [3.05, 3.63) is 33.9 Å². The second kappa shape index (κ2) is 6.53. The van der Waals surface area contributed by atoms with E-state index in [1.807, 2.05) is 0 Å². The van der Waals surface area contributed by atoms with Gasteiger partial charge in [-0.2, -0.15) is 0 Å². The molecule has 1 rings (SSSR count). The van der Waals surface area contributed by atoms with Crippen molar-refractivity contribution in [2.24, 2.45) is 5.41 Å². The Bertz CT molecular complexity index is 538. The number of ether oxygens (including phenoxy) is 2. The number of carbonyl (C=O) groups is 1. The number of esters is 1. The molecule has 21 heavy (non-hydrogen) atoms. The Morgan fingerprint density at radius 3 is 2.57 bits per heavy atom. The SMILES string of the molecule is COC(=O)C(C)(C)COc1ccc([N+](=O)[O-])cc1[C@@H](C)O. The van der Waals surface area contributed by atoms with Gasteiger partial charge in [-0.25, -0.2) is 0 Å². The second-order valence-corrected chi connectivity index (χ2v) is 5.32. The minimum atomic E-state index is -0.930. The molecule has 1 aromatic carbocycles. The molecular weight excluding hydrogens is 278 g/mol. The van der Waals surface area contributed by atoms with E-state index in [0.717, 1.165) is 0 Å². The molecule has 7 nitrogen and oxygen atoms in total. The maximum atomic E-state index is 11.6. The summed E-state index contributed by atoms with van der Waals surface area (Å²) in [5, 5.41) is 20.5. The molecule has 0 aliphatic carbocycles. The van der Waals surface area contributed by atoms with Crippen LogP contribution in [0.1, 0.15) is 32.4 Å². The van der Waals surface area contributed by atoms with Crippen molar-refractivity contribution in [1.29, 1.82) is 0 Å². The van der Waals surface area contributed by atoms with Gasteiger partial charge in [-0.3, -0.25) is 14.9 Å². The van der Waals surface area contributed by atoms with Crippen molar-refractivity contribution in [2.45, 2.75) is 26.9 Å². The molecule has 116 valence electrons. The highest BCUT2D eigenvalue weighted by molar-refractivity contribution is 5.75. The van der Waals surface area contributed by atoms with Crippen LogP contribution in [-0.4, -0.2) is 29.7 Å². The van der Waals surface area contributed by atoms with E-state index in [4.69, 9.17) is 4.74 Å². The van der Waals surface area contributed by atoms with Gasteiger partial charge in [0.15, 0.2) is 0 Å². The highest BCUT2D eigenvalue weighted by Gasteiger charge is 2.30. The predicted octanol–water partition coefficient (Wildman–Crippen LogP) is 2.23. The smallest absolute Gasteiger partial charge is 0.314 e. The minimum Gasteiger partial charge on any atom is -0.492 e. The number of nitrogens with zero attached hydrogens (tertiary/aromatic N) is 1. The van der Waals surface area contributed by atoms with Crippen LogP contribution in [0.15, 0.2) is 18.2 Å². The molecule has 7 heteroatoms. The van der Waals surface area contributed by atoms with Gasteiger partial charge in [0.25, 0.3) is 5.69 Å². The number of rotatable bonds is 6. The number of carbonyl (C=O) groups excluding carboxylic acids is 1. The van der Waals surface area contributed by atoms with Crippen LogP contribution >= 0.6 is 0 Å². The molecule has 0 aliphatic heterocycles. The first-order valence-corrected chi connectivity index (χ1v) is 6.36. The first-order valence-electron chi connectivity index (χ1n) is 6.36. The first kappa shape index (κ1) is 16.9. The summed E-state index contributed by atoms with van der Waals surface area (Å²) in [4.78, 5) is 21.8. The maximum Gasteiger partial charge on any atom is 0.314 e. The molecule has 1 atom stereocenters. The zero-order valence-electron chi connectivity index (χ0n) is 12.5. The highest BCUT2D eigenvalue weighted by atomic mass is 16.6. The summed E-state index contributed by atoms with van der Waals surface area (Å²) in [6.07, 6.45) is -0.930. The van der Waals surface area contributed by atoms with Crippen molar-refractivity contribution in [3.63, 3.8) is 0 Å². The van der Waals surface area contributed by atoms with E-state index in [9.17, 15) is 20.0 Å². The number of methoxy groups -OCH3 is 1. The largest absolute Gasteiger partial charge is 0.492 e. The summed E-state index contributed by atoms with van der Waals surface area (Å²) in [6.45, 7) is 4.83. The summed E-state index contributed by atoms with van der Waals surface area (Å²) >= 11 is 0. The van der Waals surface area contributed by atoms with Crippen molar-refractivity contribution in [3.8, 4) is 5.75 Å². The number of nitro groups is 1. The third-order valence-corrected chi connectivity index (χ3v) is 2.98. The lowest BCUT2D eigenvalue weighted by atomic mass is 9.95. The molecule has 0 aliphatic rings. The van der Waals surface area contributed by atoms with Crippen molar-refractivity contribution < 1.29 is 24.3 Å². The van der Waals surface area contributed by atoms with E-state index in [2.05, 4.69) is 4.74 Å². The van der Waals surface area contributed by atoms with E-state index in [0.29, 0.717) is 11.3 Å². The molecule has 0 saturated carbocycles. The number of hydrogen-bond acceptors (Lipinski definition) is 6. The van der Waals surface area contributed by atoms with Crippen molar-refractivity contribution in [2.75, 3.05) is 13.7 Å². The van der Waals surface area contributed by atoms with Crippen LogP contribution in [0.25, 0.3) is 0 Å². The lowest BCUT2D eigenvalue weighted by Crippen LogP contribution is -2.32. The molecule has 0 bridgehead atoms. The van der Waals surface area contributed by atoms with Crippen LogP contribution in [0.5, 0.6) is 5.75 Å². The predicted molar refractivity (Wildman–Crippen MR) is 75.0 cm³/mol. The molecule has 1 aromatic rings. The Kier molecular flexibility index (Phi) is 5.26. The maximum absolute atomic E-state index is 11.6. The summed E-state index contributed by atoms with van der Waals surface area (Å²) in [5.41, 5.74) is -0.706. The molecule has 0 heterocycles. The number of aliphatic hydroxyl groups is 1. The van der Waals surface area contributed by atoms with Crippen LogP contribution in [0.2, 0.25) is 0 Å². The summed E-state index contributed by atoms with van der Waals surface area (Å²) in [5.74, 6) is -0.129. The molecular formula is C14H19NO6. The normalized spacial score (nSPS) is 12.6. The number of hydrogen-bond donors (Lipinski definition) is 1. The number of benzene rings is 1. The lowest BCUT2D eigenvalue weighted by Gasteiger charge is -2.23. The van der Waals surface area contributed by atoms with Crippen molar-refractivity contribution >= 4 is 11.7 Å². The van der Waals surface area contributed by atoms with Crippen LogP contribution in [0.4, 0.5) is 5.69 Å². The fraction of sp³-hybridized carbons (Fsp3) is 0.500. The molecule has 0 aromatic heterocycles.